The van der Waals surface area contributed by atoms with Gasteiger partial charge in [-0.3, -0.25) is 19.3 Å². The minimum atomic E-state index is -1.29. The quantitative estimate of drug-likeness (QED) is 0.588. The predicted molar refractivity (Wildman–Crippen MR) is 126 cm³/mol. The third kappa shape index (κ3) is 5.10. The smallest absolute Gasteiger partial charge is 0.323 e. The summed E-state index contributed by atoms with van der Waals surface area (Å²) >= 11 is 5.90. The lowest BCUT2D eigenvalue weighted by Crippen LogP contribution is -2.49. The number of para-hydroxylation sites is 1. The van der Waals surface area contributed by atoms with Gasteiger partial charge >= 0.3 is 5.97 Å². The lowest BCUT2D eigenvalue weighted by atomic mass is 10.0. The van der Waals surface area contributed by atoms with Crippen molar-refractivity contribution < 1.29 is 19.5 Å². The molecule has 33 heavy (non-hydrogen) atoms. The number of fused-ring (bicyclic) bond motifs is 1. The Morgan fingerprint density at radius 3 is 2.33 bits per heavy atom. The first kappa shape index (κ1) is 22.2. The van der Waals surface area contributed by atoms with Gasteiger partial charge in [0.2, 0.25) is 12.1 Å². The van der Waals surface area contributed by atoms with Crippen LogP contribution in [0, 0.1) is 0 Å². The van der Waals surface area contributed by atoms with Crippen molar-refractivity contribution in [1.29, 1.82) is 0 Å². The van der Waals surface area contributed by atoms with E-state index in [1.54, 1.807) is 48.5 Å². The van der Waals surface area contributed by atoms with Crippen molar-refractivity contribution >= 4 is 40.8 Å². The molecule has 8 heteroatoms. The Balaban J connectivity index is 1.73. The van der Waals surface area contributed by atoms with Crippen LogP contribution in [-0.2, 0) is 20.8 Å². The van der Waals surface area contributed by atoms with Crippen molar-refractivity contribution in [3.8, 4) is 0 Å². The average molecular weight is 462 g/mol. The first-order valence-corrected chi connectivity index (χ1v) is 10.6. The van der Waals surface area contributed by atoms with Gasteiger partial charge in [-0.15, -0.1) is 0 Å². The monoisotopic (exact) mass is 461 g/mol. The van der Waals surface area contributed by atoms with Crippen molar-refractivity contribution in [2.24, 2.45) is 4.99 Å². The summed E-state index contributed by atoms with van der Waals surface area (Å²) < 4.78 is 0. The van der Waals surface area contributed by atoms with E-state index in [1.807, 2.05) is 30.3 Å². The molecular weight excluding hydrogens is 442 g/mol. The van der Waals surface area contributed by atoms with Crippen LogP contribution >= 0.6 is 11.6 Å². The topological polar surface area (TPSA) is 99.1 Å². The Kier molecular flexibility index (Phi) is 6.51. The highest BCUT2D eigenvalue weighted by Gasteiger charge is 2.34. The number of carboxylic acid groups (broad SMARTS) is 1. The molecule has 3 aromatic rings. The largest absolute Gasteiger partial charge is 0.480 e. The number of nitrogens with zero attached hydrogens (tertiary/aromatic N) is 2. The normalized spacial score (nSPS) is 15.3. The number of halogens is 1. The van der Waals surface area contributed by atoms with Crippen LogP contribution < -0.4 is 10.2 Å². The Morgan fingerprint density at radius 1 is 0.970 bits per heavy atom. The lowest BCUT2D eigenvalue weighted by Gasteiger charge is -2.23. The molecule has 0 aliphatic carbocycles. The van der Waals surface area contributed by atoms with Crippen molar-refractivity contribution in [2.75, 3.05) is 11.4 Å². The number of nitrogens with one attached hydrogen (secondary N) is 1. The van der Waals surface area contributed by atoms with Gasteiger partial charge in [0.05, 0.1) is 17.8 Å². The number of carbonyl (C=O) groups excluding carboxylic acids is 2. The molecule has 1 aliphatic rings. The number of carbonyl (C=O) groups is 3. The zero-order chi connectivity index (χ0) is 23.4. The highest BCUT2D eigenvalue weighted by molar-refractivity contribution is 6.30. The van der Waals surface area contributed by atoms with E-state index >= 15 is 0 Å². The average Bonchev–Trinajstić information content (AvgIpc) is 2.92. The summed E-state index contributed by atoms with van der Waals surface area (Å²) in [5, 5.41) is 12.7. The molecule has 0 bridgehead atoms. The first-order valence-electron chi connectivity index (χ1n) is 10.2. The van der Waals surface area contributed by atoms with Gasteiger partial charge < -0.3 is 10.4 Å². The summed E-state index contributed by atoms with van der Waals surface area (Å²) in [7, 11) is 0. The van der Waals surface area contributed by atoms with E-state index in [1.165, 1.54) is 0 Å². The van der Waals surface area contributed by atoms with Crippen molar-refractivity contribution in [1.82, 2.24) is 5.32 Å². The molecule has 0 spiro atoms. The number of hydrogen-bond acceptors (Lipinski definition) is 4. The summed E-state index contributed by atoms with van der Waals surface area (Å²) in [5.74, 6) is -2.22. The summed E-state index contributed by atoms with van der Waals surface area (Å²) in [6, 6.07) is 23.0. The number of benzene rings is 3. The zero-order valence-electron chi connectivity index (χ0n) is 17.4. The number of aliphatic imine (C=N–C) groups is 1. The van der Waals surface area contributed by atoms with Crippen LogP contribution in [0.25, 0.3) is 0 Å². The molecule has 7 nitrogen and oxygen atoms in total. The standard InChI is InChI=1S/C25H20ClN3O4/c26-18-12-10-16(11-13-18)14-21(30)27-24-25(33)29(15-22(31)32)20-9-5-4-8-19(20)23(28-24)17-6-2-1-3-7-17/h1-13,24H,14-15H2,(H,27,30)(H,31,32). The predicted octanol–water partition coefficient (Wildman–Crippen LogP) is 3.29. The molecule has 0 radical (unpaired) electrons. The van der Waals surface area contributed by atoms with Gasteiger partial charge in [-0.25, -0.2) is 4.99 Å². The summed E-state index contributed by atoms with van der Waals surface area (Å²) in [6.45, 7) is -0.559. The van der Waals surface area contributed by atoms with Crippen molar-refractivity contribution in [3.05, 3.63) is 101 Å². The van der Waals surface area contributed by atoms with E-state index < -0.39 is 30.5 Å². The Morgan fingerprint density at radius 2 is 1.64 bits per heavy atom. The molecule has 0 aromatic heterocycles. The minimum Gasteiger partial charge on any atom is -0.480 e. The Labute approximate surface area is 195 Å². The Hall–Kier alpha value is -3.97. The number of anilines is 1. The molecule has 4 rings (SSSR count). The van der Waals surface area contributed by atoms with Gasteiger partial charge in [0.1, 0.15) is 6.54 Å². The molecule has 3 aromatic carbocycles. The molecule has 166 valence electrons. The second kappa shape index (κ2) is 9.67. The van der Waals surface area contributed by atoms with E-state index in [2.05, 4.69) is 10.3 Å². The third-order valence-corrected chi connectivity index (χ3v) is 5.38. The second-order valence-corrected chi connectivity index (χ2v) is 7.89. The van der Waals surface area contributed by atoms with Crippen LogP contribution in [0.2, 0.25) is 5.02 Å². The van der Waals surface area contributed by atoms with Gasteiger partial charge in [0, 0.05) is 16.1 Å². The molecule has 1 unspecified atom stereocenters. The molecule has 0 saturated carbocycles. The molecule has 0 fully saturated rings. The van der Waals surface area contributed by atoms with Crippen LogP contribution in [0.4, 0.5) is 5.69 Å². The fourth-order valence-electron chi connectivity index (χ4n) is 3.64. The fraction of sp³-hybridized carbons (Fsp3) is 0.120. The van der Waals surface area contributed by atoms with Gasteiger partial charge in [0.15, 0.2) is 0 Å². The van der Waals surface area contributed by atoms with Crippen LogP contribution in [0.1, 0.15) is 16.7 Å². The molecular formula is C25H20ClN3O4. The van der Waals surface area contributed by atoms with Crippen LogP contribution in [0.15, 0.2) is 83.9 Å². The number of aliphatic carboxylic acids is 1. The zero-order valence-corrected chi connectivity index (χ0v) is 18.2. The molecule has 1 aliphatic heterocycles. The summed E-state index contributed by atoms with van der Waals surface area (Å²) in [4.78, 5) is 43.4. The van der Waals surface area contributed by atoms with Crippen LogP contribution in [0.5, 0.6) is 0 Å². The summed E-state index contributed by atoms with van der Waals surface area (Å²) in [5.41, 5.74) is 2.97. The van der Waals surface area contributed by atoms with Crippen molar-refractivity contribution in [3.63, 3.8) is 0 Å². The lowest BCUT2D eigenvalue weighted by molar-refractivity contribution is -0.137. The SMILES string of the molecule is O=C(O)CN1C(=O)C(NC(=O)Cc2ccc(Cl)cc2)N=C(c2ccccc2)c2ccccc21. The van der Waals surface area contributed by atoms with Crippen LogP contribution in [-0.4, -0.2) is 41.3 Å². The van der Waals surface area contributed by atoms with E-state index in [0.29, 0.717) is 22.0 Å². The van der Waals surface area contributed by atoms with E-state index in [9.17, 15) is 19.5 Å². The van der Waals surface area contributed by atoms with Crippen molar-refractivity contribution in [2.45, 2.75) is 12.6 Å². The third-order valence-electron chi connectivity index (χ3n) is 5.12. The van der Waals surface area contributed by atoms with E-state index in [0.717, 1.165) is 16.0 Å². The minimum absolute atomic E-state index is 0.0169. The highest BCUT2D eigenvalue weighted by Crippen LogP contribution is 2.28. The van der Waals surface area contributed by atoms with Gasteiger partial charge in [-0.1, -0.05) is 72.3 Å². The molecule has 0 saturated heterocycles. The molecule has 1 heterocycles. The van der Waals surface area contributed by atoms with Gasteiger partial charge in [-0.05, 0) is 23.8 Å². The second-order valence-electron chi connectivity index (χ2n) is 7.45. The first-order chi connectivity index (χ1) is 15.9. The van der Waals surface area contributed by atoms with Gasteiger partial charge in [-0.2, -0.15) is 0 Å². The highest BCUT2D eigenvalue weighted by atomic mass is 35.5. The number of rotatable bonds is 6. The maximum absolute atomic E-state index is 13.4. The van der Waals surface area contributed by atoms with Gasteiger partial charge in [0.25, 0.3) is 5.91 Å². The van der Waals surface area contributed by atoms with E-state index in [4.69, 9.17) is 11.6 Å². The Bertz CT molecular complexity index is 1230. The number of carboxylic acids is 1. The number of benzodiazepines with no additional fused rings is 1. The maximum Gasteiger partial charge on any atom is 0.323 e. The molecule has 2 amide bonds. The van der Waals surface area contributed by atoms with E-state index in [-0.39, 0.29) is 6.42 Å². The fourth-order valence-corrected chi connectivity index (χ4v) is 3.77. The molecule has 1 atom stereocenters. The number of hydrogen-bond donors (Lipinski definition) is 2. The summed E-state index contributed by atoms with van der Waals surface area (Å²) in [6.07, 6.45) is -1.27. The molecule has 2 N–H and O–H groups in total. The number of amides is 2. The maximum atomic E-state index is 13.4. The van der Waals surface area contributed by atoms with Crippen LogP contribution in [0.3, 0.4) is 0 Å².